The van der Waals surface area contributed by atoms with Gasteiger partial charge in [0.1, 0.15) is 4.75 Å². The van der Waals surface area contributed by atoms with Crippen molar-refractivity contribution in [2.75, 3.05) is 0 Å². The molecule has 0 saturated carbocycles. The molecule has 54 valence electrons. The Hall–Kier alpha value is -0.440. The summed E-state index contributed by atoms with van der Waals surface area (Å²) in [7, 11) is 0. The Morgan fingerprint density at radius 2 is 2.60 bits per heavy atom. The molecule has 1 N–H and O–H groups in total. The summed E-state index contributed by atoms with van der Waals surface area (Å²) in [5, 5.41) is 9.30. The Labute approximate surface area is 63.3 Å². The lowest BCUT2D eigenvalue weighted by Crippen LogP contribution is -2.28. The zero-order valence-electron chi connectivity index (χ0n) is 5.41. The minimum Gasteiger partial charge on any atom is -0.480 e. The van der Waals surface area contributed by atoms with Crippen molar-refractivity contribution in [3.05, 3.63) is 12.2 Å². The van der Waals surface area contributed by atoms with Crippen LogP contribution in [0.15, 0.2) is 12.2 Å². The van der Waals surface area contributed by atoms with Crippen molar-refractivity contribution in [2.24, 2.45) is 0 Å². The maximum atomic E-state index is 10.7. The number of thioether (sulfide) groups is 1. The predicted molar refractivity (Wildman–Crippen MR) is 40.1 cm³/mol. The number of aliphatic carboxylic acids is 1. The van der Waals surface area contributed by atoms with E-state index in [2.05, 4.69) is 0 Å². The van der Waals surface area contributed by atoms with E-state index in [0.717, 1.165) is 12.8 Å². The molecule has 2 rings (SSSR count). The third-order valence-electron chi connectivity index (χ3n) is 2.10. The van der Waals surface area contributed by atoms with Crippen LogP contribution < -0.4 is 0 Å². The second kappa shape index (κ2) is 1.78. The fourth-order valence-electron chi connectivity index (χ4n) is 1.49. The summed E-state index contributed by atoms with van der Waals surface area (Å²) in [5.41, 5.74) is 0. The van der Waals surface area contributed by atoms with E-state index in [1.807, 2.05) is 12.2 Å². The summed E-state index contributed by atoms with van der Waals surface area (Å²) in [4.78, 5) is 10.7. The van der Waals surface area contributed by atoms with Crippen LogP contribution in [0.2, 0.25) is 0 Å². The predicted octanol–water partition coefficient (Wildman–Crippen LogP) is 1.28. The SMILES string of the molecule is O=C(O)C12C=CC(CC1)S2. The molecule has 2 aliphatic rings. The van der Waals surface area contributed by atoms with E-state index < -0.39 is 10.7 Å². The van der Waals surface area contributed by atoms with Crippen LogP contribution in [0.1, 0.15) is 12.8 Å². The minimum atomic E-state index is -0.672. The average Bonchev–Trinajstić information content (AvgIpc) is 2.45. The number of rotatable bonds is 1. The Morgan fingerprint density at radius 1 is 1.80 bits per heavy atom. The summed E-state index contributed by atoms with van der Waals surface area (Å²) in [5.74, 6) is -0.672. The number of carboxylic acid groups (broad SMARTS) is 1. The lowest BCUT2D eigenvalue weighted by atomic mass is 9.96. The van der Waals surface area contributed by atoms with E-state index in [9.17, 15) is 4.79 Å². The van der Waals surface area contributed by atoms with Gasteiger partial charge in [0.2, 0.25) is 0 Å². The van der Waals surface area contributed by atoms with Gasteiger partial charge in [-0.3, -0.25) is 4.79 Å². The van der Waals surface area contributed by atoms with Crippen LogP contribution in [0.4, 0.5) is 0 Å². The van der Waals surface area contributed by atoms with Crippen LogP contribution in [-0.2, 0) is 4.79 Å². The van der Waals surface area contributed by atoms with E-state index in [0.29, 0.717) is 5.25 Å². The molecule has 10 heavy (non-hydrogen) atoms. The molecule has 0 aromatic carbocycles. The van der Waals surface area contributed by atoms with Gasteiger partial charge in [0.05, 0.1) is 0 Å². The van der Waals surface area contributed by atoms with E-state index in [-0.39, 0.29) is 0 Å². The normalized spacial score (nSPS) is 42.6. The second-order valence-corrected chi connectivity index (χ2v) is 4.32. The van der Waals surface area contributed by atoms with Crippen LogP contribution in [-0.4, -0.2) is 21.1 Å². The summed E-state index contributed by atoms with van der Waals surface area (Å²) in [6.07, 6.45) is 5.71. The van der Waals surface area contributed by atoms with Crippen molar-refractivity contribution < 1.29 is 9.90 Å². The molecule has 0 aliphatic carbocycles. The molecule has 1 fully saturated rings. The molecule has 0 aromatic heterocycles. The summed E-state index contributed by atoms with van der Waals surface area (Å²) < 4.78 is -0.537. The highest BCUT2D eigenvalue weighted by atomic mass is 32.2. The quantitative estimate of drug-likeness (QED) is 0.581. The Bertz CT molecular complexity index is 212. The lowest BCUT2D eigenvalue weighted by Gasteiger charge is -2.14. The van der Waals surface area contributed by atoms with Crippen molar-refractivity contribution in [2.45, 2.75) is 22.8 Å². The minimum absolute atomic E-state index is 0.482. The molecule has 0 amide bonds. The van der Waals surface area contributed by atoms with Gasteiger partial charge >= 0.3 is 5.97 Å². The molecule has 2 nitrogen and oxygen atoms in total. The van der Waals surface area contributed by atoms with Crippen molar-refractivity contribution >= 4 is 17.7 Å². The van der Waals surface area contributed by atoms with Gasteiger partial charge in [-0.2, -0.15) is 0 Å². The molecule has 2 unspecified atom stereocenters. The van der Waals surface area contributed by atoms with Crippen LogP contribution in [0.5, 0.6) is 0 Å². The van der Waals surface area contributed by atoms with Crippen LogP contribution in [0.25, 0.3) is 0 Å². The van der Waals surface area contributed by atoms with Crippen molar-refractivity contribution in [1.82, 2.24) is 0 Å². The van der Waals surface area contributed by atoms with Gasteiger partial charge in [-0.1, -0.05) is 12.2 Å². The van der Waals surface area contributed by atoms with Gasteiger partial charge in [-0.15, -0.1) is 11.8 Å². The molecular formula is C7H8O2S. The number of hydrogen-bond acceptors (Lipinski definition) is 2. The highest BCUT2D eigenvalue weighted by molar-refractivity contribution is 8.02. The van der Waals surface area contributed by atoms with Gasteiger partial charge in [0, 0.05) is 5.25 Å². The first kappa shape index (κ1) is 6.28. The first-order chi connectivity index (χ1) is 4.73. The summed E-state index contributed by atoms with van der Waals surface area (Å²) in [6.45, 7) is 0. The Morgan fingerprint density at radius 3 is 2.80 bits per heavy atom. The Balaban J connectivity index is 2.32. The number of fused-ring (bicyclic) bond motifs is 2. The lowest BCUT2D eigenvalue weighted by molar-refractivity contribution is -0.138. The van der Waals surface area contributed by atoms with Gasteiger partial charge in [0.15, 0.2) is 0 Å². The molecule has 0 spiro atoms. The van der Waals surface area contributed by atoms with Gasteiger partial charge in [-0.25, -0.2) is 0 Å². The topological polar surface area (TPSA) is 37.3 Å². The first-order valence-electron chi connectivity index (χ1n) is 3.33. The third-order valence-corrected chi connectivity index (χ3v) is 3.74. The zero-order chi connectivity index (χ0) is 7.19. The first-order valence-corrected chi connectivity index (χ1v) is 4.21. The average molecular weight is 156 g/mol. The van der Waals surface area contributed by atoms with Crippen LogP contribution in [0.3, 0.4) is 0 Å². The summed E-state index contributed by atoms with van der Waals surface area (Å²) >= 11 is 1.58. The van der Waals surface area contributed by atoms with Gasteiger partial charge < -0.3 is 5.11 Å². The van der Waals surface area contributed by atoms with Crippen LogP contribution in [0, 0.1) is 0 Å². The number of carbonyl (C=O) groups is 1. The monoisotopic (exact) mass is 156 g/mol. The molecule has 0 radical (unpaired) electrons. The number of hydrogen-bond donors (Lipinski definition) is 1. The third kappa shape index (κ3) is 0.639. The van der Waals surface area contributed by atoms with Crippen LogP contribution >= 0.6 is 11.8 Å². The molecule has 1 saturated heterocycles. The molecule has 2 aliphatic heterocycles. The zero-order valence-corrected chi connectivity index (χ0v) is 6.23. The molecule has 3 heteroatoms. The summed E-state index contributed by atoms with van der Waals surface area (Å²) in [6, 6.07) is 0. The Kier molecular flexibility index (Phi) is 1.12. The second-order valence-electron chi connectivity index (χ2n) is 2.75. The van der Waals surface area contributed by atoms with Crippen molar-refractivity contribution in [1.29, 1.82) is 0 Å². The highest BCUT2D eigenvalue weighted by Gasteiger charge is 2.47. The van der Waals surface area contributed by atoms with Crippen molar-refractivity contribution in [3.8, 4) is 0 Å². The largest absolute Gasteiger partial charge is 0.480 e. The molecule has 0 aromatic rings. The highest BCUT2D eigenvalue weighted by Crippen LogP contribution is 2.50. The van der Waals surface area contributed by atoms with E-state index in [1.165, 1.54) is 0 Å². The number of carboxylic acids is 1. The maximum absolute atomic E-state index is 10.7. The molecule has 2 atom stereocenters. The maximum Gasteiger partial charge on any atom is 0.323 e. The van der Waals surface area contributed by atoms with E-state index in [1.54, 1.807) is 11.8 Å². The van der Waals surface area contributed by atoms with Crippen molar-refractivity contribution in [3.63, 3.8) is 0 Å². The fourth-order valence-corrected chi connectivity index (χ4v) is 2.92. The standard InChI is InChI=1S/C7H8O2S/c8-6(9)7-3-1-5(10-7)2-4-7/h1,3,5H,2,4H2,(H,8,9). The molecule has 2 bridgehead atoms. The smallest absolute Gasteiger partial charge is 0.323 e. The molecule has 2 heterocycles. The van der Waals surface area contributed by atoms with E-state index in [4.69, 9.17) is 5.11 Å². The van der Waals surface area contributed by atoms with Gasteiger partial charge in [-0.05, 0) is 12.8 Å². The molecular weight excluding hydrogens is 148 g/mol. The van der Waals surface area contributed by atoms with Gasteiger partial charge in [0.25, 0.3) is 0 Å². The van der Waals surface area contributed by atoms with E-state index >= 15 is 0 Å². The fraction of sp³-hybridized carbons (Fsp3) is 0.571.